The van der Waals surface area contributed by atoms with Crippen LogP contribution >= 0.6 is 0 Å². The summed E-state index contributed by atoms with van der Waals surface area (Å²) in [6.45, 7) is 7.41. The molecule has 5 heteroatoms. The number of aromatic nitrogens is 1. The van der Waals surface area contributed by atoms with Gasteiger partial charge in [-0.1, -0.05) is 13.8 Å². The van der Waals surface area contributed by atoms with E-state index in [2.05, 4.69) is 18.4 Å². The second-order valence-corrected chi connectivity index (χ2v) is 7.98. The third-order valence-electron chi connectivity index (χ3n) is 5.78. The summed E-state index contributed by atoms with van der Waals surface area (Å²) >= 11 is 0. The predicted molar refractivity (Wildman–Crippen MR) is 113 cm³/mol. The molecule has 3 aromatic rings. The maximum absolute atomic E-state index is 13.5. The number of aliphatic hydroxyl groups is 1. The Bertz CT molecular complexity index is 1090. The van der Waals surface area contributed by atoms with Gasteiger partial charge in [-0.3, -0.25) is 4.79 Å². The molecular formula is C24H27NO4. The van der Waals surface area contributed by atoms with Gasteiger partial charge in [-0.15, -0.1) is 0 Å². The summed E-state index contributed by atoms with van der Waals surface area (Å²) in [7, 11) is 2.01. The molecule has 1 aliphatic rings. The maximum atomic E-state index is 13.5. The lowest BCUT2D eigenvalue weighted by Crippen LogP contribution is -2.32. The standard InChI is InChI=1S/C24H27NO4/c1-5-28-16-8-10-18-20(14-16)25(4)23-21(18)22(27)17-9-7-15(29-12-6-11-26)13-19(17)24(23,2)3/h7-10,13-14,26H,5-6,11-12H2,1-4H3. The molecule has 1 heterocycles. The zero-order valence-corrected chi connectivity index (χ0v) is 17.4. The molecule has 2 aromatic carbocycles. The van der Waals surface area contributed by atoms with Crippen LogP contribution in [0.2, 0.25) is 0 Å². The van der Waals surface area contributed by atoms with E-state index < -0.39 is 0 Å². The SMILES string of the molecule is CCOc1ccc2c3c(n(C)c2c1)C(C)(C)c1cc(OCCCO)ccc1C3=O. The topological polar surface area (TPSA) is 60.7 Å². The minimum Gasteiger partial charge on any atom is -0.494 e. The first-order chi connectivity index (χ1) is 13.9. The van der Waals surface area contributed by atoms with Gasteiger partial charge >= 0.3 is 0 Å². The lowest BCUT2D eigenvalue weighted by atomic mass is 9.71. The molecule has 4 rings (SSSR count). The highest BCUT2D eigenvalue weighted by atomic mass is 16.5. The van der Waals surface area contributed by atoms with Crippen LogP contribution in [-0.4, -0.2) is 35.3 Å². The summed E-state index contributed by atoms with van der Waals surface area (Å²) in [5, 5.41) is 9.94. The number of nitrogens with zero attached hydrogens (tertiary/aromatic N) is 1. The number of hydrogen-bond acceptors (Lipinski definition) is 4. The van der Waals surface area contributed by atoms with Crippen molar-refractivity contribution in [3.8, 4) is 11.5 Å². The second-order valence-electron chi connectivity index (χ2n) is 7.98. The molecule has 0 atom stereocenters. The number of ketones is 1. The average molecular weight is 393 g/mol. The van der Waals surface area contributed by atoms with Gasteiger partial charge in [0.1, 0.15) is 11.5 Å². The highest BCUT2D eigenvalue weighted by Crippen LogP contribution is 2.46. The highest BCUT2D eigenvalue weighted by Gasteiger charge is 2.41. The van der Waals surface area contributed by atoms with Crippen LogP contribution in [0.3, 0.4) is 0 Å². The molecule has 0 amide bonds. The monoisotopic (exact) mass is 393 g/mol. The third kappa shape index (κ3) is 3.01. The quantitative estimate of drug-likeness (QED) is 0.638. The van der Waals surface area contributed by atoms with E-state index in [1.807, 2.05) is 50.4 Å². The lowest BCUT2D eigenvalue weighted by Gasteiger charge is -2.33. The first kappa shape index (κ1) is 19.5. The zero-order valence-electron chi connectivity index (χ0n) is 17.4. The minimum absolute atomic E-state index is 0.0472. The second kappa shape index (κ2) is 7.23. The highest BCUT2D eigenvalue weighted by molar-refractivity contribution is 6.20. The molecule has 0 unspecified atom stereocenters. The molecule has 152 valence electrons. The van der Waals surface area contributed by atoms with E-state index in [1.54, 1.807) is 0 Å². The van der Waals surface area contributed by atoms with Crippen molar-refractivity contribution < 1.29 is 19.4 Å². The van der Waals surface area contributed by atoms with Gasteiger partial charge in [-0.2, -0.15) is 0 Å². The van der Waals surface area contributed by atoms with E-state index in [0.717, 1.165) is 44.8 Å². The van der Waals surface area contributed by atoms with E-state index in [9.17, 15) is 4.79 Å². The Morgan fingerprint density at radius 1 is 1.07 bits per heavy atom. The third-order valence-corrected chi connectivity index (χ3v) is 5.78. The van der Waals surface area contributed by atoms with Crippen molar-refractivity contribution in [2.24, 2.45) is 7.05 Å². The normalized spacial score (nSPS) is 14.6. The molecule has 0 fully saturated rings. The predicted octanol–water partition coefficient (Wildman–Crippen LogP) is 4.21. The first-order valence-electron chi connectivity index (χ1n) is 10.1. The van der Waals surface area contributed by atoms with Gasteiger partial charge in [0.15, 0.2) is 5.78 Å². The van der Waals surface area contributed by atoms with Crippen molar-refractivity contribution in [2.75, 3.05) is 19.8 Å². The number of carbonyl (C=O) groups is 1. The fourth-order valence-electron chi connectivity index (χ4n) is 4.48. The molecule has 1 aliphatic carbocycles. The Morgan fingerprint density at radius 3 is 2.52 bits per heavy atom. The number of hydrogen-bond donors (Lipinski definition) is 1. The summed E-state index contributed by atoms with van der Waals surface area (Å²) in [5.74, 6) is 1.57. The smallest absolute Gasteiger partial charge is 0.195 e. The Labute approximate surface area is 170 Å². The fraction of sp³-hybridized carbons (Fsp3) is 0.375. The summed E-state index contributed by atoms with van der Waals surface area (Å²) in [4.78, 5) is 13.5. The summed E-state index contributed by atoms with van der Waals surface area (Å²) in [5.41, 5.74) is 4.10. The first-order valence-corrected chi connectivity index (χ1v) is 10.1. The average Bonchev–Trinajstić information content (AvgIpc) is 3.00. The summed E-state index contributed by atoms with van der Waals surface area (Å²) in [6, 6.07) is 11.6. The van der Waals surface area contributed by atoms with Crippen LogP contribution in [0.4, 0.5) is 0 Å². The van der Waals surface area contributed by atoms with Crippen molar-refractivity contribution in [2.45, 2.75) is 32.6 Å². The van der Waals surface area contributed by atoms with Crippen LogP contribution in [0.1, 0.15) is 54.4 Å². The molecule has 0 radical (unpaired) electrons. The number of rotatable bonds is 6. The molecule has 1 N–H and O–H groups in total. The minimum atomic E-state index is -0.367. The Kier molecular flexibility index (Phi) is 4.87. The van der Waals surface area contributed by atoms with Gasteiger partial charge in [0.05, 0.1) is 24.3 Å². The number of ether oxygens (including phenoxy) is 2. The molecule has 29 heavy (non-hydrogen) atoms. The van der Waals surface area contributed by atoms with Gasteiger partial charge in [0.25, 0.3) is 0 Å². The Morgan fingerprint density at radius 2 is 1.79 bits per heavy atom. The number of fused-ring (bicyclic) bond motifs is 4. The number of aryl methyl sites for hydroxylation is 1. The van der Waals surface area contributed by atoms with Crippen LogP contribution in [0.15, 0.2) is 36.4 Å². The molecule has 1 aromatic heterocycles. The van der Waals surface area contributed by atoms with Gasteiger partial charge in [-0.05, 0) is 42.8 Å². The van der Waals surface area contributed by atoms with Crippen molar-refractivity contribution in [3.63, 3.8) is 0 Å². The molecule has 0 saturated carbocycles. The van der Waals surface area contributed by atoms with Crippen LogP contribution in [0.5, 0.6) is 11.5 Å². The largest absolute Gasteiger partial charge is 0.494 e. The lowest BCUT2D eigenvalue weighted by molar-refractivity contribution is 0.103. The van der Waals surface area contributed by atoms with Crippen LogP contribution < -0.4 is 9.47 Å². The Hall–Kier alpha value is -2.79. The van der Waals surface area contributed by atoms with E-state index in [4.69, 9.17) is 14.6 Å². The fourth-order valence-corrected chi connectivity index (χ4v) is 4.48. The van der Waals surface area contributed by atoms with E-state index in [0.29, 0.717) is 19.6 Å². The van der Waals surface area contributed by atoms with Crippen LogP contribution in [0.25, 0.3) is 10.9 Å². The molecule has 0 saturated heterocycles. The maximum Gasteiger partial charge on any atom is 0.195 e. The van der Waals surface area contributed by atoms with Gasteiger partial charge in [0, 0.05) is 48.2 Å². The van der Waals surface area contributed by atoms with Crippen LogP contribution in [0, 0.1) is 0 Å². The van der Waals surface area contributed by atoms with Crippen LogP contribution in [-0.2, 0) is 12.5 Å². The van der Waals surface area contributed by atoms with E-state index in [1.165, 1.54) is 0 Å². The summed E-state index contributed by atoms with van der Waals surface area (Å²) in [6.07, 6.45) is 0.578. The zero-order chi connectivity index (χ0) is 20.8. The van der Waals surface area contributed by atoms with E-state index in [-0.39, 0.29) is 17.8 Å². The van der Waals surface area contributed by atoms with Gasteiger partial charge in [0.2, 0.25) is 0 Å². The number of carbonyl (C=O) groups excluding carboxylic acids is 1. The molecule has 0 bridgehead atoms. The van der Waals surface area contributed by atoms with Crippen molar-refractivity contribution in [1.82, 2.24) is 4.57 Å². The summed E-state index contributed by atoms with van der Waals surface area (Å²) < 4.78 is 13.6. The van der Waals surface area contributed by atoms with E-state index >= 15 is 0 Å². The van der Waals surface area contributed by atoms with Crippen molar-refractivity contribution in [1.29, 1.82) is 0 Å². The number of aliphatic hydroxyl groups excluding tert-OH is 1. The Balaban J connectivity index is 1.87. The molecule has 0 aliphatic heterocycles. The van der Waals surface area contributed by atoms with Crippen molar-refractivity contribution in [3.05, 3.63) is 58.8 Å². The molecule has 0 spiro atoms. The van der Waals surface area contributed by atoms with Gasteiger partial charge < -0.3 is 19.1 Å². The molecule has 5 nitrogen and oxygen atoms in total. The molecular weight excluding hydrogens is 366 g/mol. The number of benzene rings is 2. The van der Waals surface area contributed by atoms with Crippen molar-refractivity contribution >= 4 is 16.7 Å². The van der Waals surface area contributed by atoms with Gasteiger partial charge in [-0.25, -0.2) is 0 Å².